The molecule has 104 valence electrons. The molecule has 0 atom stereocenters. The summed E-state index contributed by atoms with van der Waals surface area (Å²) in [6, 6.07) is 7.04. The fourth-order valence-electron chi connectivity index (χ4n) is 1.51. The monoisotopic (exact) mass is 335 g/mol. The maximum Gasteiger partial charge on any atom is 0.256 e. The molecular formula is C14H14BrN3O2. The Morgan fingerprint density at radius 3 is 2.90 bits per heavy atom. The van der Waals surface area contributed by atoms with E-state index in [1.54, 1.807) is 18.2 Å². The van der Waals surface area contributed by atoms with Crippen molar-refractivity contribution in [3.05, 3.63) is 46.8 Å². The summed E-state index contributed by atoms with van der Waals surface area (Å²) in [5.41, 5.74) is 0.517. The fourth-order valence-corrected chi connectivity index (χ4v) is 1.72. The Hall–Kier alpha value is -1.95. The predicted molar refractivity (Wildman–Crippen MR) is 79.9 cm³/mol. The first-order chi connectivity index (χ1) is 9.69. The van der Waals surface area contributed by atoms with Gasteiger partial charge in [-0.25, -0.2) is 9.97 Å². The van der Waals surface area contributed by atoms with E-state index in [0.29, 0.717) is 28.3 Å². The molecule has 0 aliphatic carbocycles. The van der Waals surface area contributed by atoms with E-state index in [9.17, 15) is 4.79 Å². The number of rotatable bonds is 5. The van der Waals surface area contributed by atoms with Crippen molar-refractivity contribution in [3.63, 3.8) is 0 Å². The van der Waals surface area contributed by atoms with Crippen LogP contribution >= 0.6 is 15.9 Å². The van der Waals surface area contributed by atoms with Crippen LogP contribution in [0.15, 0.2) is 41.3 Å². The highest BCUT2D eigenvalue weighted by atomic mass is 79.9. The van der Waals surface area contributed by atoms with Crippen LogP contribution in [0.5, 0.6) is 5.75 Å². The van der Waals surface area contributed by atoms with Crippen LogP contribution < -0.4 is 10.1 Å². The number of hydrogen-bond donors (Lipinski definition) is 1. The molecular weight excluding hydrogens is 322 g/mol. The Balaban J connectivity index is 2.06. The van der Waals surface area contributed by atoms with Gasteiger partial charge < -0.3 is 10.1 Å². The third-order valence-corrected chi connectivity index (χ3v) is 2.84. The molecule has 0 radical (unpaired) electrons. The molecule has 0 aliphatic rings. The zero-order valence-corrected chi connectivity index (χ0v) is 12.6. The van der Waals surface area contributed by atoms with Gasteiger partial charge in [0.25, 0.3) is 5.91 Å². The summed E-state index contributed by atoms with van der Waals surface area (Å²) >= 11 is 3.19. The minimum Gasteiger partial charge on any atom is -0.494 e. The first kappa shape index (κ1) is 14.5. The fraction of sp³-hybridized carbons (Fsp3) is 0.214. The highest BCUT2D eigenvalue weighted by molar-refractivity contribution is 9.10. The van der Waals surface area contributed by atoms with Crippen molar-refractivity contribution in [1.29, 1.82) is 0 Å². The normalized spacial score (nSPS) is 10.1. The second kappa shape index (κ2) is 7.00. The average Bonchev–Trinajstić information content (AvgIpc) is 2.48. The van der Waals surface area contributed by atoms with Crippen LogP contribution in [0.25, 0.3) is 0 Å². The Kier molecular flexibility index (Phi) is 5.06. The summed E-state index contributed by atoms with van der Waals surface area (Å²) in [6.45, 7) is 2.66. The number of hydrogen-bond acceptors (Lipinski definition) is 4. The Morgan fingerprint density at radius 2 is 2.20 bits per heavy atom. The SMILES string of the molecule is CCCOc1cccc(C(=O)Nc2cnc(Br)cn2)c1. The largest absolute Gasteiger partial charge is 0.494 e. The molecule has 0 aliphatic heterocycles. The summed E-state index contributed by atoms with van der Waals surface area (Å²) in [7, 11) is 0. The number of aromatic nitrogens is 2. The number of amides is 1. The number of anilines is 1. The van der Waals surface area contributed by atoms with Crippen LogP contribution in [-0.4, -0.2) is 22.5 Å². The van der Waals surface area contributed by atoms with Crippen LogP contribution in [-0.2, 0) is 0 Å². The first-order valence-electron chi connectivity index (χ1n) is 6.21. The van der Waals surface area contributed by atoms with Gasteiger partial charge in [0.05, 0.1) is 19.0 Å². The second-order valence-corrected chi connectivity index (χ2v) is 4.87. The molecule has 0 spiro atoms. The van der Waals surface area contributed by atoms with Crippen molar-refractivity contribution in [3.8, 4) is 5.75 Å². The molecule has 6 heteroatoms. The lowest BCUT2D eigenvalue weighted by atomic mass is 10.2. The van der Waals surface area contributed by atoms with Gasteiger partial charge in [-0.2, -0.15) is 0 Å². The van der Waals surface area contributed by atoms with Gasteiger partial charge in [-0.1, -0.05) is 13.0 Å². The summed E-state index contributed by atoms with van der Waals surface area (Å²) in [4.78, 5) is 20.1. The van der Waals surface area contributed by atoms with Gasteiger partial charge in [-0.05, 0) is 40.5 Å². The van der Waals surface area contributed by atoms with Gasteiger partial charge in [-0.3, -0.25) is 4.79 Å². The average molecular weight is 336 g/mol. The van der Waals surface area contributed by atoms with Gasteiger partial charge in [0.1, 0.15) is 10.4 Å². The number of nitrogens with zero attached hydrogens (tertiary/aromatic N) is 2. The van der Waals surface area contributed by atoms with Crippen molar-refractivity contribution in [2.75, 3.05) is 11.9 Å². The van der Waals surface area contributed by atoms with Gasteiger partial charge in [0.15, 0.2) is 5.82 Å². The minimum absolute atomic E-state index is 0.247. The van der Waals surface area contributed by atoms with E-state index in [1.807, 2.05) is 13.0 Å². The van der Waals surface area contributed by atoms with Gasteiger partial charge in [-0.15, -0.1) is 0 Å². The van der Waals surface area contributed by atoms with Crippen molar-refractivity contribution in [2.45, 2.75) is 13.3 Å². The molecule has 0 saturated carbocycles. The lowest BCUT2D eigenvalue weighted by Gasteiger charge is -2.07. The highest BCUT2D eigenvalue weighted by Crippen LogP contribution is 2.15. The molecule has 0 unspecified atom stereocenters. The summed E-state index contributed by atoms with van der Waals surface area (Å²) in [5, 5.41) is 2.68. The minimum atomic E-state index is -0.247. The van der Waals surface area contributed by atoms with Gasteiger partial charge in [0.2, 0.25) is 0 Å². The van der Waals surface area contributed by atoms with Crippen LogP contribution in [0.2, 0.25) is 0 Å². The van der Waals surface area contributed by atoms with E-state index in [0.717, 1.165) is 6.42 Å². The number of nitrogens with one attached hydrogen (secondary N) is 1. The number of ether oxygens (including phenoxy) is 1. The number of halogens is 1. The van der Waals surface area contributed by atoms with Crippen LogP contribution in [0.3, 0.4) is 0 Å². The van der Waals surface area contributed by atoms with E-state index in [1.165, 1.54) is 12.4 Å². The van der Waals surface area contributed by atoms with Crippen LogP contribution in [0, 0.1) is 0 Å². The zero-order valence-electron chi connectivity index (χ0n) is 11.0. The third-order valence-electron chi connectivity index (χ3n) is 2.43. The quantitative estimate of drug-likeness (QED) is 0.910. The molecule has 1 N–H and O–H groups in total. The molecule has 2 aromatic rings. The van der Waals surface area contributed by atoms with Crippen LogP contribution in [0.1, 0.15) is 23.7 Å². The van der Waals surface area contributed by atoms with E-state index in [4.69, 9.17) is 4.74 Å². The van der Waals surface area contributed by atoms with E-state index < -0.39 is 0 Å². The summed E-state index contributed by atoms with van der Waals surface area (Å²) in [6.07, 6.45) is 3.93. The first-order valence-corrected chi connectivity index (χ1v) is 7.00. The smallest absolute Gasteiger partial charge is 0.256 e. The molecule has 1 aromatic carbocycles. The summed E-state index contributed by atoms with van der Waals surface area (Å²) in [5.74, 6) is 0.836. The van der Waals surface area contributed by atoms with Crippen molar-refractivity contribution in [1.82, 2.24) is 9.97 Å². The summed E-state index contributed by atoms with van der Waals surface area (Å²) < 4.78 is 6.11. The number of carbonyl (C=O) groups excluding carboxylic acids is 1. The maximum absolute atomic E-state index is 12.1. The lowest BCUT2D eigenvalue weighted by molar-refractivity contribution is 0.102. The Labute approximate surface area is 125 Å². The highest BCUT2D eigenvalue weighted by Gasteiger charge is 2.08. The van der Waals surface area contributed by atoms with Gasteiger partial charge in [0, 0.05) is 5.56 Å². The topological polar surface area (TPSA) is 64.1 Å². The molecule has 5 nitrogen and oxygen atoms in total. The Morgan fingerprint density at radius 1 is 1.35 bits per heavy atom. The lowest BCUT2D eigenvalue weighted by Crippen LogP contribution is -2.13. The van der Waals surface area contributed by atoms with Crippen molar-refractivity contribution in [2.24, 2.45) is 0 Å². The van der Waals surface area contributed by atoms with Gasteiger partial charge >= 0.3 is 0 Å². The third kappa shape index (κ3) is 4.03. The second-order valence-electron chi connectivity index (χ2n) is 4.05. The molecule has 0 fully saturated rings. The Bertz CT molecular complexity index is 587. The molecule has 0 saturated heterocycles. The standard InChI is InChI=1S/C14H14BrN3O2/c1-2-6-20-11-5-3-4-10(7-11)14(19)18-13-9-16-12(15)8-17-13/h3-5,7-9H,2,6H2,1H3,(H,17,18,19). The molecule has 1 heterocycles. The van der Waals surface area contributed by atoms with Crippen LogP contribution in [0.4, 0.5) is 5.82 Å². The van der Waals surface area contributed by atoms with E-state index >= 15 is 0 Å². The van der Waals surface area contributed by atoms with Crippen molar-refractivity contribution < 1.29 is 9.53 Å². The van der Waals surface area contributed by atoms with E-state index in [-0.39, 0.29) is 5.91 Å². The molecule has 2 rings (SSSR count). The molecule has 1 amide bonds. The molecule has 1 aromatic heterocycles. The maximum atomic E-state index is 12.1. The van der Waals surface area contributed by atoms with Crippen molar-refractivity contribution >= 4 is 27.7 Å². The zero-order chi connectivity index (χ0) is 14.4. The molecule has 20 heavy (non-hydrogen) atoms. The number of benzene rings is 1. The molecule has 0 bridgehead atoms. The van der Waals surface area contributed by atoms with E-state index in [2.05, 4.69) is 31.2 Å². The number of carbonyl (C=O) groups is 1. The predicted octanol–water partition coefficient (Wildman–Crippen LogP) is 3.28.